The molecule has 3 atom stereocenters. The molecular formula is C15H16N2O3. The van der Waals surface area contributed by atoms with Crippen LogP contribution in [0.15, 0.2) is 36.4 Å². The minimum Gasteiger partial charge on any atom is -0.481 e. The molecule has 0 saturated heterocycles. The number of carboxylic acid groups (broad SMARTS) is 1. The Labute approximate surface area is 116 Å². The van der Waals surface area contributed by atoms with E-state index in [9.17, 15) is 9.59 Å². The lowest BCUT2D eigenvalue weighted by Gasteiger charge is -2.16. The van der Waals surface area contributed by atoms with E-state index in [1.165, 1.54) is 0 Å². The van der Waals surface area contributed by atoms with Crippen molar-refractivity contribution < 1.29 is 14.7 Å². The summed E-state index contributed by atoms with van der Waals surface area (Å²) in [6.45, 7) is 0. The van der Waals surface area contributed by atoms with Crippen molar-refractivity contribution in [2.24, 2.45) is 5.92 Å². The number of hydrogen-bond acceptors (Lipinski definition) is 3. The zero-order chi connectivity index (χ0) is 14.1. The van der Waals surface area contributed by atoms with Crippen molar-refractivity contribution in [2.75, 3.05) is 5.32 Å². The molecule has 0 saturated carbocycles. The van der Waals surface area contributed by atoms with E-state index in [2.05, 4.69) is 10.6 Å². The van der Waals surface area contributed by atoms with Crippen molar-refractivity contribution in [3.63, 3.8) is 0 Å². The molecule has 20 heavy (non-hydrogen) atoms. The summed E-state index contributed by atoms with van der Waals surface area (Å²) in [4.78, 5) is 23.1. The van der Waals surface area contributed by atoms with Gasteiger partial charge in [-0.15, -0.1) is 0 Å². The standard InChI is InChI=1S/C15H16N2O3/c18-14(16-11-6-5-10(7-11)15(19)20)13-8-9-3-1-2-4-12(9)17-13/h1-6,10-11,13,17H,7-8H2,(H,16,18)(H,19,20)/t10?,11?,13-/m0/s1. The van der Waals surface area contributed by atoms with Gasteiger partial charge in [0.2, 0.25) is 5.91 Å². The number of anilines is 1. The van der Waals surface area contributed by atoms with Crippen LogP contribution in [0.25, 0.3) is 0 Å². The van der Waals surface area contributed by atoms with Crippen LogP contribution in [0, 0.1) is 5.92 Å². The minimum absolute atomic E-state index is 0.0816. The number of carbonyl (C=O) groups excluding carboxylic acids is 1. The molecule has 1 aromatic rings. The Morgan fingerprint density at radius 3 is 2.75 bits per heavy atom. The molecular weight excluding hydrogens is 256 g/mol. The number of aliphatic carboxylic acids is 1. The molecule has 3 rings (SSSR count). The van der Waals surface area contributed by atoms with E-state index in [0.717, 1.165) is 11.3 Å². The zero-order valence-corrected chi connectivity index (χ0v) is 10.9. The Hall–Kier alpha value is -2.30. The molecule has 2 aliphatic rings. The third kappa shape index (κ3) is 2.39. The molecule has 2 unspecified atom stereocenters. The van der Waals surface area contributed by atoms with Gasteiger partial charge in [-0.1, -0.05) is 30.4 Å². The summed E-state index contributed by atoms with van der Waals surface area (Å²) < 4.78 is 0. The van der Waals surface area contributed by atoms with Gasteiger partial charge in [0.1, 0.15) is 6.04 Å². The maximum atomic E-state index is 12.2. The molecule has 1 amide bonds. The second-order valence-electron chi connectivity index (χ2n) is 5.24. The third-order valence-corrected chi connectivity index (χ3v) is 3.82. The highest BCUT2D eigenvalue weighted by Crippen LogP contribution is 2.25. The largest absolute Gasteiger partial charge is 0.481 e. The number of para-hydroxylation sites is 1. The number of rotatable bonds is 3. The number of benzene rings is 1. The summed E-state index contributed by atoms with van der Waals surface area (Å²) in [7, 11) is 0. The predicted molar refractivity (Wildman–Crippen MR) is 74.4 cm³/mol. The van der Waals surface area contributed by atoms with E-state index in [1.807, 2.05) is 24.3 Å². The molecule has 0 fully saturated rings. The lowest BCUT2D eigenvalue weighted by atomic mass is 10.1. The average Bonchev–Trinajstić information content (AvgIpc) is 3.04. The van der Waals surface area contributed by atoms with Crippen molar-refractivity contribution in [2.45, 2.75) is 24.9 Å². The number of carboxylic acids is 1. The lowest BCUT2D eigenvalue weighted by Crippen LogP contribution is -2.43. The van der Waals surface area contributed by atoms with E-state index in [-0.39, 0.29) is 18.0 Å². The highest BCUT2D eigenvalue weighted by molar-refractivity contribution is 5.88. The van der Waals surface area contributed by atoms with Gasteiger partial charge >= 0.3 is 5.97 Å². The summed E-state index contributed by atoms with van der Waals surface area (Å²) in [6.07, 6.45) is 4.50. The highest BCUT2D eigenvalue weighted by atomic mass is 16.4. The van der Waals surface area contributed by atoms with Crippen LogP contribution in [0.2, 0.25) is 0 Å². The fourth-order valence-corrected chi connectivity index (χ4v) is 2.73. The normalized spacial score (nSPS) is 26.9. The summed E-state index contributed by atoms with van der Waals surface area (Å²) in [6, 6.07) is 7.39. The van der Waals surface area contributed by atoms with Crippen molar-refractivity contribution in [1.82, 2.24) is 5.32 Å². The van der Waals surface area contributed by atoms with Gasteiger partial charge in [-0.2, -0.15) is 0 Å². The first kappa shape index (κ1) is 12.7. The maximum absolute atomic E-state index is 12.2. The van der Waals surface area contributed by atoms with Gasteiger partial charge in [0.05, 0.1) is 5.92 Å². The molecule has 1 aliphatic heterocycles. The maximum Gasteiger partial charge on any atom is 0.310 e. The summed E-state index contributed by atoms with van der Waals surface area (Å²) in [5.41, 5.74) is 2.14. The molecule has 1 heterocycles. The number of amides is 1. The second-order valence-corrected chi connectivity index (χ2v) is 5.24. The van der Waals surface area contributed by atoms with Crippen molar-refractivity contribution in [3.05, 3.63) is 42.0 Å². The SMILES string of the molecule is O=C(O)C1C=CC(NC(=O)[C@@H]2Cc3ccccc3N2)C1. The van der Waals surface area contributed by atoms with Crippen molar-refractivity contribution in [1.29, 1.82) is 0 Å². The first-order chi connectivity index (χ1) is 9.63. The fourth-order valence-electron chi connectivity index (χ4n) is 2.73. The van der Waals surface area contributed by atoms with E-state index >= 15 is 0 Å². The number of nitrogens with one attached hydrogen (secondary N) is 2. The monoisotopic (exact) mass is 272 g/mol. The first-order valence-corrected chi connectivity index (χ1v) is 6.69. The van der Waals surface area contributed by atoms with E-state index in [4.69, 9.17) is 5.11 Å². The van der Waals surface area contributed by atoms with Crippen LogP contribution in [0.5, 0.6) is 0 Å². The molecule has 3 N–H and O–H groups in total. The van der Waals surface area contributed by atoms with Crippen LogP contribution in [-0.4, -0.2) is 29.1 Å². The van der Waals surface area contributed by atoms with Crippen molar-refractivity contribution in [3.8, 4) is 0 Å². The van der Waals surface area contributed by atoms with Gasteiger partial charge in [-0.3, -0.25) is 9.59 Å². The Morgan fingerprint density at radius 2 is 2.05 bits per heavy atom. The Balaban J connectivity index is 1.57. The molecule has 1 aliphatic carbocycles. The van der Waals surface area contributed by atoms with Crippen LogP contribution in [0.1, 0.15) is 12.0 Å². The molecule has 1 aromatic carbocycles. The van der Waals surface area contributed by atoms with Crippen LogP contribution in [0.4, 0.5) is 5.69 Å². The topological polar surface area (TPSA) is 78.4 Å². The third-order valence-electron chi connectivity index (χ3n) is 3.82. The molecule has 5 nitrogen and oxygen atoms in total. The predicted octanol–water partition coefficient (Wildman–Crippen LogP) is 1.17. The molecule has 104 valence electrons. The van der Waals surface area contributed by atoms with E-state index < -0.39 is 11.9 Å². The fraction of sp³-hybridized carbons (Fsp3) is 0.333. The van der Waals surface area contributed by atoms with Crippen LogP contribution < -0.4 is 10.6 Å². The van der Waals surface area contributed by atoms with E-state index in [1.54, 1.807) is 12.2 Å². The Bertz CT molecular complexity index is 557. The average molecular weight is 272 g/mol. The van der Waals surface area contributed by atoms with Crippen molar-refractivity contribution >= 4 is 17.6 Å². The molecule has 0 spiro atoms. The zero-order valence-electron chi connectivity index (χ0n) is 10.9. The summed E-state index contributed by atoms with van der Waals surface area (Å²) >= 11 is 0. The number of fused-ring (bicyclic) bond motifs is 1. The van der Waals surface area contributed by atoms with Gasteiger partial charge in [-0.25, -0.2) is 0 Å². The summed E-state index contributed by atoms with van der Waals surface area (Å²) in [5.74, 6) is -1.42. The lowest BCUT2D eigenvalue weighted by molar-refractivity contribution is -0.140. The molecule has 0 radical (unpaired) electrons. The minimum atomic E-state index is -0.843. The molecule has 0 bridgehead atoms. The van der Waals surface area contributed by atoms with Gasteiger partial charge in [0.25, 0.3) is 0 Å². The molecule has 5 heteroatoms. The van der Waals surface area contributed by atoms with Crippen LogP contribution >= 0.6 is 0 Å². The second kappa shape index (κ2) is 5.00. The van der Waals surface area contributed by atoms with Crippen LogP contribution in [0.3, 0.4) is 0 Å². The highest BCUT2D eigenvalue weighted by Gasteiger charge is 2.30. The van der Waals surface area contributed by atoms with Gasteiger partial charge in [-0.05, 0) is 18.1 Å². The van der Waals surface area contributed by atoms with E-state index in [0.29, 0.717) is 12.8 Å². The summed E-state index contributed by atoms with van der Waals surface area (Å²) in [5, 5.41) is 15.0. The Morgan fingerprint density at radius 1 is 1.25 bits per heavy atom. The van der Waals surface area contributed by atoms with Gasteiger partial charge < -0.3 is 15.7 Å². The number of carbonyl (C=O) groups is 2. The molecule has 0 aromatic heterocycles. The first-order valence-electron chi connectivity index (χ1n) is 6.69. The van der Waals surface area contributed by atoms with Gasteiger partial charge in [0.15, 0.2) is 0 Å². The Kier molecular flexibility index (Phi) is 3.18. The van der Waals surface area contributed by atoms with Gasteiger partial charge in [0, 0.05) is 18.2 Å². The smallest absolute Gasteiger partial charge is 0.310 e. The quantitative estimate of drug-likeness (QED) is 0.722. The number of hydrogen-bond donors (Lipinski definition) is 3. The van der Waals surface area contributed by atoms with Crippen LogP contribution in [-0.2, 0) is 16.0 Å².